The van der Waals surface area contributed by atoms with E-state index in [9.17, 15) is 4.39 Å². The lowest BCUT2D eigenvalue weighted by Crippen LogP contribution is -2.16. The summed E-state index contributed by atoms with van der Waals surface area (Å²) >= 11 is 0. The van der Waals surface area contributed by atoms with Crippen LogP contribution in [0.2, 0.25) is 0 Å². The summed E-state index contributed by atoms with van der Waals surface area (Å²) in [5, 5.41) is 7.51. The molecule has 0 amide bonds. The fraction of sp³-hybridized carbons (Fsp3) is 0.312. The van der Waals surface area contributed by atoms with Gasteiger partial charge in [0.25, 0.3) is 0 Å². The van der Waals surface area contributed by atoms with Gasteiger partial charge in [0.05, 0.1) is 17.2 Å². The van der Waals surface area contributed by atoms with Crippen LogP contribution >= 0.6 is 0 Å². The summed E-state index contributed by atoms with van der Waals surface area (Å²) in [5.74, 6) is 0.423. The Morgan fingerprint density at radius 2 is 2.29 bits per heavy atom. The van der Waals surface area contributed by atoms with E-state index in [0.717, 1.165) is 19.4 Å². The Kier molecular flexibility index (Phi) is 3.73. The van der Waals surface area contributed by atoms with Crippen molar-refractivity contribution in [2.75, 3.05) is 18.9 Å². The van der Waals surface area contributed by atoms with Gasteiger partial charge in [0.1, 0.15) is 30.3 Å². The zero-order valence-corrected chi connectivity index (χ0v) is 12.8. The summed E-state index contributed by atoms with van der Waals surface area (Å²) < 4.78 is 25.2. The summed E-state index contributed by atoms with van der Waals surface area (Å²) in [7, 11) is 0. The Balaban J connectivity index is 1.74. The van der Waals surface area contributed by atoms with Gasteiger partial charge >= 0.3 is 0 Å². The van der Waals surface area contributed by atoms with Gasteiger partial charge in [-0.05, 0) is 31.0 Å². The molecule has 1 fully saturated rings. The number of nitrogen functional groups attached to an aromatic ring is 1. The Bertz CT molecular complexity index is 876. The number of ether oxygens (including phenoxy) is 2. The number of halogens is 1. The standard InChI is InChI=1S/C16H16FN5O2/c17-9-3-4-12(24-7-10-2-1-5-23-10)11(6-9)14-13-15(18)19-8-20-16(13)22-21-14/h3-4,6,8,10H,1-2,5,7H2,(H3,18,19,20,21,22). The fourth-order valence-electron chi connectivity index (χ4n) is 2.86. The maximum absolute atomic E-state index is 13.8. The molecule has 1 saturated heterocycles. The molecule has 8 heteroatoms. The van der Waals surface area contributed by atoms with E-state index in [-0.39, 0.29) is 17.7 Å². The highest BCUT2D eigenvalue weighted by atomic mass is 19.1. The van der Waals surface area contributed by atoms with Crippen molar-refractivity contribution in [1.29, 1.82) is 0 Å². The molecule has 1 aromatic carbocycles. The van der Waals surface area contributed by atoms with Crippen LogP contribution in [0, 0.1) is 5.82 Å². The minimum atomic E-state index is -0.382. The van der Waals surface area contributed by atoms with E-state index in [0.29, 0.717) is 34.6 Å². The van der Waals surface area contributed by atoms with Crippen LogP contribution in [-0.4, -0.2) is 39.5 Å². The highest BCUT2D eigenvalue weighted by Gasteiger charge is 2.20. The van der Waals surface area contributed by atoms with Crippen LogP contribution < -0.4 is 10.5 Å². The predicted molar refractivity (Wildman–Crippen MR) is 86.0 cm³/mol. The molecule has 24 heavy (non-hydrogen) atoms. The Labute approximate surface area is 137 Å². The van der Waals surface area contributed by atoms with Gasteiger partial charge in [0, 0.05) is 12.2 Å². The van der Waals surface area contributed by atoms with E-state index in [2.05, 4.69) is 20.2 Å². The maximum Gasteiger partial charge on any atom is 0.186 e. The second-order valence-electron chi connectivity index (χ2n) is 5.64. The molecule has 0 radical (unpaired) electrons. The molecule has 3 heterocycles. The first-order valence-corrected chi connectivity index (χ1v) is 7.71. The fourth-order valence-corrected chi connectivity index (χ4v) is 2.86. The number of anilines is 1. The van der Waals surface area contributed by atoms with E-state index in [4.69, 9.17) is 15.2 Å². The number of benzene rings is 1. The first-order valence-electron chi connectivity index (χ1n) is 7.71. The van der Waals surface area contributed by atoms with Gasteiger partial charge in [-0.1, -0.05) is 0 Å². The summed E-state index contributed by atoms with van der Waals surface area (Å²) in [5.41, 5.74) is 7.42. The molecule has 7 nitrogen and oxygen atoms in total. The average Bonchev–Trinajstić information content (AvgIpc) is 3.23. The van der Waals surface area contributed by atoms with Crippen molar-refractivity contribution in [3.05, 3.63) is 30.3 Å². The van der Waals surface area contributed by atoms with Crippen LogP contribution in [0.1, 0.15) is 12.8 Å². The lowest BCUT2D eigenvalue weighted by atomic mass is 10.1. The third-order valence-electron chi connectivity index (χ3n) is 4.04. The number of nitrogens with one attached hydrogen (secondary N) is 1. The van der Waals surface area contributed by atoms with Crippen molar-refractivity contribution in [2.24, 2.45) is 0 Å². The smallest absolute Gasteiger partial charge is 0.186 e. The van der Waals surface area contributed by atoms with Crippen LogP contribution in [0.3, 0.4) is 0 Å². The Hall–Kier alpha value is -2.74. The molecule has 4 rings (SSSR count). The van der Waals surface area contributed by atoms with E-state index >= 15 is 0 Å². The van der Waals surface area contributed by atoms with Crippen LogP contribution in [0.25, 0.3) is 22.3 Å². The van der Waals surface area contributed by atoms with Crippen molar-refractivity contribution in [1.82, 2.24) is 20.2 Å². The lowest BCUT2D eigenvalue weighted by Gasteiger charge is -2.14. The average molecular weight is 329 g/mol. The number of nitrogens with two attached hydrogens (primary N) is 1. The molecule has 3 N–H and O–H groups in total. The number of nitrogens with zero attached hydrogens (tertiary/aromatic N) is 3. The zero-order valence-electron chi connectivity index (χ0n) is 12.8. The number of aromatic nitrogens is 4. The number of hydrogen-bond donors (Lipinski definition) is 2. The second kappa shape index (κ2) is 6.04. The molecule has 124 valence electrons. The summed E-state index contributed by atoms with van der Waals surface area (Å²) in [6.07, 6.45) is 3.39. The van der Waals surface area contributed by atoms with Gasteiger partial charge in [0.2, 0.25) is 0 Å². The molecular formula is C16H16FN5O2. The summed E-state index contributed by atoms with van der Waals surface area (Å²) in [6.45, 7) is 1.17. The van der Waals surface area contributed by atoms with Gasteiger partial charge < -0.3 is 15.2 Å². The molecule has 2 aromatic heterocycles. The predicted octanol–water partition coefficient (Wildman–Crippen LogP) is 2.30. The minimum Gasteiger partial charge on any atom is -0.490 e. The van der Waals surface area contributed by atoms with Crippen molar-refractivity contribution in [3.63, 3.8) is 0 Å². The van der Waals surface area contributed by atoms with Crippen molar-refractivity contribution >= 4 is 16.9 Å². The maximum atomic E-state index is 13.8. The first kappa shape index (κ1) is 14.8. The van der Waals surface area contributed by atoms with Crippen LogP contribution in [0.15, 0.2) is 24.5 Å². The van der Waals surface area contributed by atoms with E-state index in [1.54, 1.807) is 6.07 Å². The van der Waals surface area contributed by atoms with Crippen LogP contribution in [-0.2, 0) is 4.74 Å². The number of H-pyrrole nitrogens is 1. The normalized spacial score (nSPS) is 17.5. The van der Waals surface area contributed by atoms with E-state index in [1.807, 2.05) is 0 Å². The molecular weight excluding hydrogens is 313 g/mol. The molecule has 1 atom stereocenters. The highest BCUT2D eigenvalue weighted by molar-refractivity contribution is 5.98. The summed E-state index contributed by atoms with van der Waals surface area (Å²) in [6, 6.07) is 4.32. The second-order valence-corrected chi connectivity index (χ2v) is 5.64. The lowest BCUT2D eigenvalue weighted by molar-refractivity contribution is 0.0681. The molecule has 0 spiro atoms. The molecule has 3 aromatic rings. The van der Waals surface area contributed by atoms with E-state index in [1.165, 1.54) is 18.5 Å². The Morgan fingerprint density at radius 1 is 1.38 bits per heavy atom. The zero-order chi connectivity index (χ0) is 16.5. The quantitative estimate of drug-likeness (QED) is 0.762. The van der Waals surface area contributed by atoms with Crippen LogP contribution in [0.4, 0.5) is 10.2 Å². The molecule has 1 aliphatic rings. The van der Waals surface area contributed by atoms with Gasteiger partial charge in [-0.15, -0.1) is 0 Å². The molecule has 1 unspecified atom stereocenters. The highest BCUT2D eigenvalue weighted by Crippen LogP contribution is 2.35. The van der Waals surface area contributed by atoms with Gasteiger partial charge in [0.15, 0.2) is 5.65 Å². The SMILES string of the molecule is Nc1ncnc2n[nH]c(-c3cc(F)ccc3OCC3CCCO3)c12. The largest absolute Gasteiger partial charge is 0.490 e. The summed E-state index contributed by atoms with van der Waals surface area (Å²) in [4.78, 5) is 8.04. The molecule has 0 aliphatic carbocycles. The van der Waals surface area contributed by atoms with Crippen molar-refractivity contribution in [2.45, 2.75) is 18.9 Å². The van der Waals surface area contributed by atoms with Crippen molar-refractivity contribution in [3.8, 4) is 17.0 Å². The van der Waals surface area contributed by atoms with Gasteiger partial charge in [-0.25, -0.2) is 14.4 Å². The van der Waals surface area contributed by atoms with Crippen LogP contribution in [0.5, 0.6) is 5.75 Å². The molecule has 0 bridgehead atoms. The first-order chi connectivity index (χ1) is 11.7. The van der Waals surface area contributed by atoms with E-state index < -0.39 is 0 Å². The number of rotatable bonds is 4. The molecule has 0 saturated carbocycles. The third-order valence-corrected chi connectivity index (χ3v) is 4.04. The number of fused-ring (bicyclic) bond motifs is 1. The number of aromatic amines is 1. The van der Waals surface area contributed by atoms with Crippen molar-refractivity contribution < 1.29 is 13.9 Å². The van der Waals surface area contributed by atoms with Gasteiger partial charge in [-0.2, -0.15) is 5.10 Å². The van der Waals surface area contributed by atoms with Gasteiger partial charge in [-0.3, -0.25) is 5.10 Å². The Morgan fingerprint density at radius 3 is 3.12 bits per heavy atom. The number of hydrogen-bond acceptors (Lipinski definition) is 6. The minimum absolute atomic E-state index is 0.0646. The molecule has 1 aliphatic heterocycles. The third kappa shape index (κ3) is 2.65. The topological polar surface area (TPSA) is 98.9 Å². The monoisotopic (exact) mass is 329 g/mol.